The highest BCUT2D eigenvalue weighted by molar-refractivity contribution is 5.83. The Labute approximate surface area is 222 Å². The Bertz CT molecular complexity index is 1420. The fourth-order valence-corrected chi connectivity index (χ4v) is 4.66. The van der Waals surface area contributed by atoms with E-state index >= 15 is 0 Å². The van der Waals surface area contributed by atoms with Crippen LogP contribution in [0.2, 0.25) is 0 Å². The average Bonchev–Trinajstić information content (AvgIpc) is 3.29. The topological polar surface area (TPSA) is 96.5 Å². The summed E-state index contributed by atoms with van der Waals surface area (Å²) in [4.78, 5) is 33.5. The SMILES string of the molecule is COc1ccncc1-c1ccc2nc(Cc3cc(CN4CCN(C(=O)OC(C)(C)C)CC4)ccn3)[nH]c2c1. The number of nitrogens with zero attached hydrogens (tertiary/aromatic N) is 5. The van der Waals surface area contributed by atoms with Crippen molar-refractivity contribution in [2.45, 2.75) is 39.3 Å². The van der Waals surface area contributed by atoms with E-state index in [1.54, 1.807) is 18.2 Å². The minimum Gasteiger partial charge on any atom is -0.496 e. The molecular formula is C29H34N6O3. The molecule has 1 saturated heterocycles. The molecule has 1 aliphatic heterocycles. The van der Waals surface area contributed by atoms with Crippen LogP contribution in [0.25, 0.3) is 22.2 Å². The van der Waals surface area contributed by atoms with Crippen molar-refractivity contribution in [1.82, 2.24) is 29.7 Å². The Morgan fingerprint density at radius 3 is 2.63 bits per heavy atom. The van der Waals surface area contributed by atoms with E-state index in [1.807, 2.05) is 51.4 Å². The minimum atomic E-state index is -0.475. The van der Waals surface area contributed by atoms with Gasteiger partial charge in [-0.1, -0.05) is 6.07 Å². The number of carbonyl (C=O) groups is 1. The van der Waals surface area contributed by atoms with E-state index in [2.05, 4.69) is 38.1 Å². The Hall–Kier alpha value is -3.98. The number of H-pyrrole nitrogens is 1. The summed E-state index contributed by atoms with van der Waals surface area (Å²) in [6, 6.07) is 12.2. The predicted octanol–water partition coefficient (Wildman–Crippen LogP) is 4.67. The zero-order valence-corrected chi connectivity index (χ0v) is 22.4. The molecule has 0 saturated carbocycles. The van der Waals surface area contributed by atoms with Crippen molar-refractivity contribution in [1.29, 1.82) is 0 Å². The van der Waals surface area contributed by atoms with Crippen molar-refractivity contribution in [2.75, 3.05) is 33.3 Å². The highest BCUT2D eigenvalue weighted by Gasteiger charge is 2.25. The van der Waals surface area contributed by atoms with Crippen molar-refractivity contribution in [2.24, 2.45) is 0 Å². The highest BCUT2D eigenvalue weighted by atomic mass is 16.6. The maximum Gasteiger partial charge on any atom is 0.410 e. The van der Waals surface area contributed by atoms with Crippen LogP contribution in [0.5, 0.6) is 5.75 Å². The molecule has 3 aromatic heterocycles. The smallest absolute Gasteiger partial charge is 0.410 e. The lowest BCUT2D eigenvalue weighted by atomic mass is 10.1. The molecule has 0 atom stereocenters. The van der Waals surface area contributed by atoms with E-state index in [-0.39, 0.29) is 6.09 Å². The van der Waals surface area contributed by atoms with Crippen molar-refractivity contribution < 1.29 is 14.3 Å². The van der Waals surface area contributed by atoms with Gasteiger partial charge in [-0.2, -0.15) is 0 Å². The number of hydrogen-bond acceptors (Lipinski definition) is 7. The third-order valence-corrected chi connectivity index (χ3v) is 6.50. The first kappa shape index (κ1) is 25.7. The van der Waals surface area contributed by atoms with Gasteiger partial charge in [-0.15, -0.1) is 0 Å². The van der Waals surface area contributed by atoms with Gasteiger partial charge in [-0.3, -0.25) is 14.9 Å². The fraction of sp³-hybridized carbons (Fsp3) is 0.379. The third-order valence-electron chi connectivity index (χ3n) is 6.50. The van der Waals surface area contributed by atoms with Crippen LogP contribution in [0, 0.1) is 0 Å². The van der Waals surface area contributed by atoms with Gasteiger partial charge in [0.05, 0.1) is 18.1 Å². The number of imidazole rings is 1. The van der Waals surface area contributed by atoms with Crippen molar-refractivity contribution in [3.63, 3.8) is 0 Å². The largest absolute Gasteiger partial charge is 0.496 e. The molecule has 4 heterocycles. The zero-order valence-electron chi connectivity index (χ0n) is 22.4. The number of rotatable bonds is 6. The number of fused-ring (bicyclic) bond motifs is 1. The van der Waals surface area contributed by atoms with Gasteiger partial charge in [-0.05, 0) is 62.2 Å². The van der Waals surface area contributed by atoms with E-state index in [4.69, 9.17) is 14.5 Å². The second kappa shape index (κ2) is 10.8. The molecule has 38 heavy (non-hydrogen) atoms. The summed E-state index contributed by atoms with van der Waals surface area (Å²) < 4.78 is 11.0. The number of amides is 1. The predicted molar refractivity (Wildman–Crippen MR) is 146 cm³/mol. The molecule has 5 rings (SSSR count). The van der Waals surface area contributed by atoms with Crippen LogP contribution >= 0.6 is 0 Å². The maximum atomic E-state index is 12.3. The molecule has 1 aromatic carbocycles. The Morgan fingerprint density at radius 1 is 1.05 bits per heavy atom. The number of benzene rings is 1. The first-order chi connectivity index (χ1) is 18.3. The van der Waals surface area contributed by atoms with Gasteiger partial charge < -0.3 is 19.4 Å². The van der Waals surface area contributed by atoms with E-state index in [0.29, 0.717) is 19.5 Å². The number of methoxy groups -OCH3 is 1. The summed E-state index contributed by atoms with van der Waals surface area (Å²) in [5.74, 6) is 1.65. The molecule has 198 valence electrons. The number of ether oxygens (including phenoxy) is 2. The molecule has 0 spiro atoms. The Balaban J connectivity index is 1.22. The van der Waals surface area contributed by atoms with Crippen LogP contribution in [-0.2, 0) is 17.7 Å². The molecule has 1 amide bonds. The lowest BCUT2D eigenvalue weighted by molar-refractivity contribution is 0.0139. The molecule has 0 aliphatic carbocycles. The molecule has 0 radical (unpaired) electrons. The van der Waals surface area contributed by atoms with E-state index < -0.39 is 5.60 Å². The second-order valence-corrected chi connectivity index (χ2v) is 10.6. The lowest BCUT2D eigenvalue weighted by Gasteiger charge is -2.35. The quantitative estimate of drug-likeness (QED) is 0.399. The number of nitrogens with one attached hydrogen (secondary N) is 1. The number of carbonyl (C=O) groups excluding carboxylic acids is 1. The van der Waals surface area contributed by atoms with Gasteiger partial charge in [0.1, 0.15) is 17.2 Å². The van der Waals surface area contributed by atoms with Gasteiger partial charge in [0, 0.05) is 69.0 Å². The van der Waals surface area contributed by atoms with E-state index in [9.17, 15) is 4.79 Å². The van der Waals surface area contributed by atoms with Crippen molar-refractivity contribution >= 4 is 17.1 Å². The summed E-state index contributed by atoms with van der Waals surface area (Å²) >= 11 is 0. The standard InChI is InChI=1S/C29H34N6O3/c1-29(2,3)38-28(36)35-13-11-34(12-14-35)19-20-7-10-31-22(15-20)17-27-32-24-6-5-21(16-25(24)33-27)23-18-30-9-8-26(23)37-4/h5-10,15-16,18H,11-14,17,19H2,1-4H3,(H,32,33). The van der Waals surface area contributed by atoms with Crippen LogP contribution < -0.4 is 4.74 Å². The molecule has 0 unspecified atom stereocenters. The molecule has 9 nitrogen and oxygen atoms in total. The minimum absolute atomic E-state index is 0.235. The second-order valence-electron chi connectivity index (χ2n) is 10.6. The highest BCUT2D eigenvalue weighted by Crippen LogP contribution is 2.30. The van der Waals surface area contributed by atoms with Crippen LogP contribution in [0.1, 0.15) is 37.9 Å². The monoisotopic (exact) mass is 514 g/mol. The van der Waals surface area contributed by atoms with Gasteiger partial charge in [0.15, 0.2) is 0 Å². The summed E-state index contributed by atoms with van der Waals surface area (Å²) in [6.07, 6.45) is 5.77. The van der Waals surface area contributed by atoms with Crippen LogP contribution in [0.4, 0.5) is 4.79 Å². The maximum absolute atomic E-state index is 12.3. The zero-order chi connectivity index (χ0) is 26.7. The van der Waals surface area contributed by atoms with Crippen LogP contribution in [-0.4, -0.2) is 74.7 Å². The molecule has 9 heteroatoms. The van der Waals surface area contributed by atoms with E-state index in [1.165, 1.54) is 5.56 Å². The number of piperazine rings is 1. The van der Waals surface area contributed by atoms with Gasteiger partial charge in [0.25, 0.3) is 0 Å². The molecule has 0 bridgehead atoms. The number of hydrogen-bond donors (Lipinski definition) is 1. The summed E-state index contributed by atoms with van der Waals surface area (Å²) in [6.45, 7) is 9.44. The summed E-state index contributed by atoms with van der Waals surface area (Å²) in [5, 5.41) is 0. The van der Waals surface area contributed by atoms with Crippen molar-refractivity contribution in [3.8, 4) is 16.9 Å². The first-order valence-electron chi connectivity index (χ1n) is 12.9. The molecule has 1 aliphatic rings. The van der Waals surface area contributed by atoms with Gasteiger partial charge >= 0.3 is 6.09 Å². The first-order valence-corrected chi connectivity index (χ1v) is 12.9. The summed E-state index contributed by atoms with van der Waals surface area (Å²) in [5.41, 5.74) is 5.51. The summed E-state index contributed by atoms with van der Waals surface area (Å²) in [7, 11) is 1.66. The molecule has 4 aromatic rings. The van der Waals surface area contributed by atoms with Crippen LogP contribution in [0.15, 0.2) is 55.0 Å². The van der Waals surface area contributed by atoms with E-state index in [0.717, 1.165) is 59.1 Å². The normalized spacial score (nSPS) is 14.6. The molecular weight excluding hydrogens is 480 g/mol. The van der Waals surface area contributed by atoms with Gasteiger partial charge in [0.2, 0.25) is 0 Å². The average molecular weight is 515 g/mol. The van der Waals surface area contributed by atoms with Gasteiger partial charge in [-0.25, -0.2) is 9.78 Å². The number of aromatic amines is 1. The van der Waals surface area contributed by atoms with Crippen LogP contribution in [0.3, 0.4) is 0 Å². The number of aromatic nitrogens is 4. The number of pyridine rings is 2. The Kier molecular flexibility index (Phi) is 7.28. The Morgan fingerprint density at radius 2 is 1.87 bits per heavy atom. The molecule has 1 fully saturated rings. The lowest BCUT2D eigenvalue weighted by Crippen LogP contribution is -2.49. The van der Waals surface area contributed by atoms with Crippen molar-refractivity contribution in [3.05, 3.63) is 72.1 Å². The third kappa shape index (κ3) is 6.11. The molecule has 1 N–H and O–H groups in total. The fourth-order valence-electron chi connectivity index (χ4n) is 4.66.